The number of nitrogens with one attached hydrogen (secondary N) is 1. The van der Waals surface area contributed by atoms with Crippen LogP contribution in [0.4, 0.5) is 5.82 Å². The first-order valence-electron chi connectivity index (χ1n) is 5.04. The first-order chi connectivity index (χ1) is 7.65. The van der Waals surface area contributed by atoms with Gasteiger partial charge in [-0.15, -0.1) is 0 Å². The fourth-order valence-electron chi connectivity index (χ4n) is 1.26. The molecule has 2 aromatic rings. The molecule has 0 saturated heterocycles. The highest BCUT2D eigenvalue weighted by Crippen LogP contribution is 2.06. The second-order valence-electron chi connectivity index (χ2n) is 3.61. The zero-order valence-electron chi connectivity index (χ0n) is 9.60. The lowest BCUT2D eigenvalue weighted by Gasteiger charge is -2.04. The van der Waals surface area contributed by atoms with Gasteiger partial charge in [-0.2, -0.15) is 5.10 Å². The third-order valence-corrected chi connectivity index (χ3v) is 2.27. The highest BCUT2D eigenvalue weighted by atomic mass is 15.3. The average Bonchev–Trinajstić information content (AvgIpc) is 2.66. The molecular formula is C10H14N6. The molecule has 0 saturated carbocycles. The highest BCUT2D eigenvalue weighted by molar-refractivity contribution is 5.33. The number of hydrogen-bond acceptors (Lipinski definition) is 5. The van der Waals surface area contributed by atoms with Gasteiger partial charge in [0.1, 0.15) is 12.1 Å². The third-order valence-electron chi connectivity index (χ3n) is 2.27. The summed E-state index contributed by atoms with van der Waals surface area (Å²) in [4.78, 5) is 12.7. The van der Waals surface area contributed by atoms with Crippen molar-refractivity contribution in [2.45, 2.75) is 20.4 Å². The molecule has 0 atom stereocenters. The van der Waals surface area contributed by atoms with Gasteiger partial charge in [-0.3, -0.25) is 9.67 Å². The SMILES string of the molecule is Cc1ncc(NCc2ncn(C)n2)nc1C. The summed E-state index contributed by atoms with van der Waals surface area (Å²) < 4.78 is 1.67. The van der Waals surface area contributed by atoms with E-state index in [1.54, 1.807) is 17.2 Å². The predicted molar refractivity (Wildman–Crippen MR) is 59.8 cm³/mol. The lowest BCUT2D eigenvalue weighted by molar-refractivity contribution is 0.746. The molecule has 6 heteroatoms. The molecule has 6 nitrogen and oxygen atoms in total. The van der Waals surface area contributed by atoms with Crippen LogP contribution in [-0.2, 0) is 13.6 Å². The largest absolute Gasteiger partial charge is 0.361 e. The van der Waals surface area contributed by atoms with Crippen LogP contribution in [-0.4, -0.2) is 24.7 Å². The smallest absolute Gasteiger partial charge is 0.169 e. The quantitative estimate of drug-likeness (QED) is 0.826. The zero-order valence-corrected chi connectivity index (χ0v) is 9.60. The molecule has 16 heavy (non-hydrogen) atoms. The minimum atomic E-state index is 0.554. The molecule has 0 aliphatic carbocycles. The van der Waals surface area contributed by atoms with E-state index in [2.05, 4.69) is 25.4 Å². The number of rotatable bonds is 3. The van der Waals surface area contributed by atoms with Gasteiger partial charge in [0.05, 0.1) is 24.1 Å². The molecule has 0 bridgehead atoms. The van der Waals surface area contributed by atoms with Crippen molar-refractivity contribution < 1.29 is 0 Å². The second kappa shape index (κ2) is 4.26. The van der Waals surface area contributed by atoms with Gasteiger partial charge >= 0.3 is 0 Å². The van der Waals surface area contributed by atoms with Crippen LogP contribution in [0.15, 0.2) is 12.5 Å². The number of nitrogens with zero attached hydrogens (tertiary/aromatic N) is 5. The monoisotopic (exact) mass is 218 g/mol. The van der Waals surface area contributed by atoms with Gasteiger partial charge in [0.2, 0.25) is 0 Å². The summed E-state index contributed by atoms with van der Waals surface area (Å²) in [5.41, 5.74) is 1.88. The van der Waals surface area contributed by atoms with Gasteiger partial charge in [0, 0.05) is 7.05 Å². The van der Waals surface area contributed by atoms with Crippen molar-refractivity contribution in [3.8, 4) is 0 Å². The van der Waals surface area contributed by atoms with Crippen LogP contribution in [0.2, 0.25) is 0 Å². The molecular weight excluding hydrogens is 204 g/mol. The van der Waals surface area contributed by atoms with Crippen LogP contribution in [0.3, 0.4) is 0 Å². The van der Waals surface area contributed by atoms with E-state index in [4.69, 9.17) is 0 Å². The Morgan fingerprint density at radius 2 is 2.06 bits per heavy atom. The van der Waals surface area contributed by atoms with E-state index < -0.39 is 0 Å². The summed E-state index contributed by atoms with van der Waals surface area (Å²) in [6.45, 7) is 4.43. The van der Waals surface area contributed by atoms with E-state index in [0.29, 0.717) is 6.54 Å². The fourth-order valence-corrected chi connectivity index (χ4v) is 1.26. The van der Waals surface area contributed by atoms with Crippen LogP contribution in [0.25, 0.3) is 0 Å². The molecule has 0 unspecified atom stereocenters. The summed E-state index contributed by atoms with van der Waals surface area (Å²) in [6.07, 6.45) is 3.38. The minimum Gasteiger partial charge on any atom is -0.361 e. The van der Waals surface area contributed by atoms with E-state index in [-0.39, 0.29) is 0 Å². The average molecular weight is 218 g/mol. The molecule has 0 fully saturated rings. The molecule has 0 aliphatic heterocycles. The van der Waals surface area contributed by atoms with Gasteiger partial charge in [0.15, 0.2) is 5.82 Å². The summed E-state index contributed by atoms with van der Waals surface area (Å²) in [7, 11) is 1.84. The maximum atomic E-state index is 4.36. The fraction of sp³-hybridized carbons (Fsp3) is 0.400. The Morgan fingerprint density at radius 1 is 1.25 bits per heavy atom. The Bertz CT molecular complexity index is 490. The molecule has 1 N–H and O–H groups in total. The summed E-state index contributed by atoms with van der Waals surface area (Å²) in [5, 5.41) is 7.29. The molecule has 0 aromatic carbocycles. The second-order valence-corrected chi connectivity index (χ2v) is 3.61. The van der Waals surface area contributed by atoms with Crippen molar-refractivity contribution in [1.29, 1.82) is 0 Å². The first-order valence-corrected chi connectivity index (χ1v) is 5.04. The number of hydrogen-bond donors (Lipinski definition) is 1. The molecule has 2 heterocycles. The van der Waals surface area contributed by atoms with Crippen molar-refractivity contribution >= 4 is 5.82 Å². The van der Waals surface area contributed by atoms with Crippen molar-refractivity contribution in [3.05, 3.63) is 29.7 Å². The van der Waals surface area contributed by atoms with Gasteiger partial charge in [-0.25, -0.2) is 9.97 Å². The lowest BCUT2D eigenvalue weighted by atomic mass is 10.3. The third kappa shape index (κ3) is 2.33. The van der Waals surface area contributed by atoms with Crippen LogP contribution >= 0.6 is 0 Å². The summed E-state index contributed by atoms with van der Waals surface area (Å²) in [6, 6.07) is 0. The summed E-state index contributed by atoms with van der Waals surface area (Å²) in [5.74, 6) is 1.48. The van der Waals surface area contributed by atoms with Crippen molar-refractivity contribution in [2.75, 3.05) is 5.32 Å². The van der Waals surface area contributed by atoms with Crippen LogP contribution < -0.4 is 5.32 Å². The van der Waals surface area contributed by atoms with E-state index >= 15 is 0 Å². The number of aromatic nitrogens is 5. The van der Waals surface area contributed by atoms with E-state index in [0.717, 1.165) is 23.0 Å². The minimum absolute atomic E-state index is 0.554. The Labute approximate surface area is 93.8 Å². The van der Waals surface area contributed by atoms with Crippen LogP contribution in [0.5, 0.6) is 0 Å². The lowest BCUT2D eigenvalue weighted by Crippen LogP contribution is -2.05. The molecule has 0 spiro atoms. The Kier molecular flexibility index (Phi) is 2.80. The van der Waals surface area contributed by atoms with Gasteiger partial charge in [-0.05, 0) is 13.8 Å². The molecule has 2 aromatic heterocycles. The Balaban J connectivity index is 2.02. The maximum absolute atomic E-state index is 4.36. The molecule has 0 amide bonds. The van der Waals surface area contributed by atoms with Crippen molar-refractivity contribution in [2.24, 2.45) is 7.05 Å². The molecule has 2 rings (SSSR count). The van der Waals surface area contributed by atoms with Crippen molar-refractivity contribution in [1.82, 2.24) is 24.7 Å². The van der Waals surface area contributed by atoms with E-state index in [1.165, 1.54) is 0 Å². The summed E-state index contributed by atoms with van der Waals surface area (Å²) >= 11 is 0. The van der Waals surface area contributed by atoms with Gasteiger partial charge in [-0.1, -0.05) is 0 Å². The molecule has 0 radical (unpaired) electrons. The van der Waals surface area contributed by atoms with Crippen molar-refractivity contribution in [3.63, 3.8) is 0 Å². The van der Waals surface area contributed by atoms with Gasteiger partial charge in [0.25, 0.3) is 0 Å². The maximum Gasteiger partial charge on any atom is 0.169 e. The number of anilines is 1. The zero-order chi connectivity index (χ0) is 11.5. The Morgan fingerprint density at radius 3 is 2.69 bits per heavy atom. The first kappa shape index (κ1) is 10.5. The van der Waals surface area contributed by atoms with E-state index in [9.17, 15) is 0 Å². The van der Waals surface area contributed by atoms with Crippen LogP contribution in [0.1, 0.15) is 17.2 Å². The molecule has 84 valence electrons. The van der Waals surface area contributed by atoms with E-state index in [1.807, 2.05) is 20.9 Å². The van der Waals surface area contributed by atoms with Crippen LogP contribution in [0, 0.1) is 13.8 Å². The predicted octanol–water partition coefficient (Wildman–Crippen LogP) is 0.834. The topological polar surface area (TPSA) is 68.5 Å². The highest BCUT2D eigenvalue weighted by Gasteiger charge is 2.01. The van der Waals surface area contributed by atoms with Gasteiger partial charge < -0.3 is 5.32 Å². The Hall–Kier alpha value is -1.98. The molecule has 0 aliphatic rings. The normalized spacial score (nSPS) is 10.4. The number of aryl methyl sites for hydroxylation is 3. The standard InChI is InChI=1S/C10H14N6/c1-7-8(2)14-9(4-11-7)12-5-10-13-6-16(3)15-10/h4,6H,5H2,1-3H3,(H,12,14).